The average molecular weight is 1280 g/mol. The topological polar surface area (TPSA) is 231 Å². The molecule has 468 valence electrons. The molecule has 0 saturated carbocycles. The second-order valence-corrected chi connectivity index (χ2v) is 23.2. The highest BCUT2D eigenvalue weighted by molar-refractivity contribution is 9.09. The lowest BCUT2D eigenvalue weighted by Gasteiger charge is -2.31. The Labute approximate surface area is 524 Å². The van der Waals surface area contributed by atoms with Crippen LogP contribution < -0.4 is 30.2 Å². The van der Waals surface area contributed by atoms with Gasteiger partial charge in [-0.05, 0) is 151 Å². The number of hydrogen-bond acceptors (Lipinski definition) is 16. The van der Waals surface area contributed by atoms with E-state index in [9.17, 15) is 28.8 Å². The van der Waals surface area contributed by atoms with Gasteiger partial charge in [0, 0.05) is 110 Å². The molecule has 3 aromatic heterocycles. The van der Waals surface area contributed by atoms with Crippen molar-refractivity contribution in [2.24, 2.45) is 0 Å². The van der Waals surface area contributed by atoms with E-state index in [-0.39, 0.29) is 54.3 Å². The summed E-state index contributed by atoms with van der Waals surface area (Å²) in [7, 11) is 0. The molecular formula is C69H76BrN5O14. The number of fused-ring (bicyclic) bond motifs is 6. The Morgan fingerprint density at radius 2 is 0.955 bits per heavy atom. The van der Waals surface area contributed by atoms with Crippen LogP contribution in [-0.4, -0.2) is 135 Å². The van der Waals surface area contributed by atoms with E-state index in [0.29, 0.717) is 58.0 Å². The minimum absolute atomic E-state index is 0.148. The number of hydrogen-bond donors (Lipinski definition) is 3. The van der Waals surface area contributed by atoms with Crippen molar-refractivity contribution in [3.8, 4) is 17.2 Å². The van der Waals surface area contributed by atoms with Crippen LogP contribution in [0.2, 0.25) is 0 Å². The van der Waals surface area contributed by atoms with Crippen molar-refractivity contribution in [2.45, 2.75) is 97.1 Å². The van der Waals surface area contributed by atoms with E-state index in [1.165, 1.54) is 0 Å². The number of imide groups is 1. The first-order valence-corrected chi connectivity index (χ1v) is 31.7. The van der Waals surface area contributed by atoms with Gasteiger partial charge in [-0.1, -0.05) is 34.1 Å². The highest BCUT2D eigenvalue weighted by atomic mass is 79.9. The first kappa shape index (κ1) is 63.6. The average Bonchev–Trinajstić information content (AvgIpc) is 4.16. The molecule has 0 spiro atoms. The number of halogens is 1. The summed E-state index contributed by atoms with van der Waals surface area (Å²) in [6, 6.07) is 30.8. The van der Waals surface area contributed by atoms with Crippen LogP contribution in [0.3, 0.4) is 0 Å². The van der Waals surface area contributed by atoms with Crippen LogP contribution in [0.25, 0.3) is 65.2 Å². The maximum atomic E-state index is 12.4. The number of nitrogens with zero attached hydrogens (tertiary/aromatic N) is 2. The predicted octanol–water partition coefficient (Wildman–Crippen LogP) is 11.2. The summed E-state index contributed by atoms with van der Waals surface area (Å²) in [5, 5.41) is 19.2. The number of piperidine rings is 3. The van der Waals surface area contributed by atoms with Gasteiger partial charge in [0.25, 0.3) is 0 Å². The summed E-state index contributed by atoms with van der Waals surface area (Å²) >= 11 is 3.35. The van der Waals surface area contributed by atoms with Crippen molar-refractivity contribution in [3.63, 3.8) is 0 Å². The van der Waals surface area contributed by atoms with E-state index >= 15 is 0 Å². The van der Waals surface area contributed by atoms with E-state index in [1.807, 2.05) is 101 Å². The lowest BCUT2D eigenvalue weighted by Crippen LogP contribution is -2.45. The standard InChI is InChI=1S/C26H29N3O5.C25H30N2O5.C18H17BrO4/c1-16(30)29-9-6-19(7-10-29)27-8-11-33-20-3-2-17-14-24-22(13-18(17)12-20)23(15-34-24)21-4-5-25(31)28-26(21)32;1-3-30-25(29)15-20-16-32-24-14-18-4-5-22(12-19(18)13-23(20)24)31-11-8-26-21-6-9-27(10-7-21)17(2)28;1-2-21-18(20)10-14-11-23-17-9-12-3-4-15(22-6-5-19)7-13(12)8-16(14)17/h2-3,12-15,19,21,27H,4-11H2,1H3,(H,28,31,32);4-5,12-14,16,21,26H,3,6-11,15H2,1-2H3;3-4,7-9,11H,2,5-6,10H2,1H3. The molecule has 9 aromatic rings. The third kappa shape index (κ3) is 16.4. The SMILES string of the molecule is CC(=O)N1CCC(NCCOc2ccc3cc4occ(C5CCC(=O)NC5=O)c4cc3c2)CC1.CCOC(=O)Cc1coc2cc3ccc(OCCBr)cc3cc12.CCOC(=O)Cc1coc2cc3ccc(OCCNC4CCN(C(C)=O)CC4)cc3cc12. The molecule has 1 atom stereocenters. The Bertz CT molecular complexity index is 3990. The van der Waals surface area contributed by atoms with Crippen LogP contribution in [0, 0.1) is 0 Å². The van der Waals surface area contributed by atoms with E-state index in [4.69, 9.17) is 36.9 Å². The van der Waals surface area contributed by atoms with Crippen molar-refractivity contribution in [1.82, 2.24) is 25.8 Å². The molecule has 6 heterocycles. The van der Waals surface area contributed by atoms with E-state index in [2.05, 4.69) is 31.9 Å². The minimum Gasteiger partial charge on any atom is -0.493 e. The van der Waals surface area contributed by atoms with Gasteiger partial charge in [0.1, 0.15) is 47.2 Å². The fourth-order valence-electron chi connectivity index (χ4n) is 11.7. The maximum absolute atomic E-state index is 12.4. The number of esters is 2. The number of likely N-dealkylation sites (tertiary alicyclic amines) is 2. The van der Waals surface area contributed by atoms with Gasteiger partial charge in [-0.15, -0.1) is 0 Å². The number of alkyl halides is 1. The molecule has 0 aliphatic carbocycles. The zero-order valence-corrected chi connectivity index (χ0v) is 52.3. The number of furan rings is 3. The molecule has 6 aromatic carbocycles. The Balaban J connectivity index is 0.000000150. The zero-order valence-electron chi connectivity index (χ0n) is 50.8. The van der Waals surface area contributed by atoms with Crippen LogP contribution >= 0.6 is 15.9 Å². The quantitative estimate of drug-likeness (QED) is 0.0279. The first-order chi connectivity index (χ1) is 43.2. The summed E-state index contributed by atoms with van der Waals surface area (Å²) in [6.45, 7) is 14.1. The molecule has 3 saturated heterocycles. The van der Waals surface area contributed by atoms with E-state index in [1.54, 1.807) is 46.5 Å². The molecule has 0 radical (unpaired) electrons. The molecule has 12 rings (SSSR count). The minimum atomic E-state index is -0.385. The van der Waals surface area contributed by atoms with Crippen LogP contribution in [0.15, 0.2) is 123 Å². The maximum Gasteiger partial charge on any atom is 0.310 e. The Morgan fingerprint density at radius 1 is 0.539 bits per heavy atom. The normalized spacial score (nSPS) is 15.6. The van der Waals surface area contributed by atoms with Gasteiger partial charge in [-0.25, -0.2) is 0 Å². The molecule has 4 amide bonds. The summed E-state index contributed by atoms with van der Waals surface area (Å²) in [5.41, 5.74) is 4.73. The number of nitrogens with one attached hydrogen (secondary N) is 3. The highest BCUT2D eigenvalue weighted by Crippen LogP contribution is 2.37. The number of rotatable bonds is 20. The number of carbonyl (C=O) groups is 6. The van der Waals surface area contributed by atoms with Crippen molar-refractivity contribution < 1.29 is 65.7 Å². The second-order valence-electron chi connectivity index (χ2n) is 22.5. The van der Waals surface area contributed by atoms with E-state index < -0.39 is 0 Å². The third-order valence-electron chi connectivity index (χ3n) is 16.4. The smallest absolute Gasteiger partial charge is 0.310 e. The van der Waals surface area contributed by atoms with E-state index in [0.717, 1.165) is 169 Å². The summed E-state index contributed by atoms with van der Waals surface area (Å²) in [4.78, 5) is 74.1. The fraction of sp³-hybridized carbons (Fsp3) is 0.391. The third-order valence-corrected chi connectivity index (χ3v) is 16.8. The molecule has 19 nitrogen and oxygen atoms in total. The van der Waals surface area contributed by atoms with Gasteiger partial charge in [-0.3, -0.25) is 34.1 Å². The highest BCUT2D eigenvalue weighted by Gasteiger charge is 2.31. The number of amides is 4. The van der Waals surface area contributed by atoms with Crippen LogP contribution in [-0.2, 0) is 51.1 Å². The van der Waals surface area contributed by atoms with Crippen LogP contribution in [0.4, 0.5) is 0 Å². The molecule has 89 heavy (non-hydrogen) atoms. The monoisotopic (exact) mass is 1280 g/mol. The largest absolute Gasteiger partial charge is 0.493 e. The Morgan fingerprint density at radius 3 is 1.37 bits per heavy atom. The molecule has 3 N–H and O–H groups in total. The van der Waals surface area contributed by atoms with Gasteiger partial charge < -0.3 is 57.4 Å². The molecule has 1 unspecified atom stereocenters. The van der Waals surface area contributed by atoms with Crippen molar-refractivity contribution in [1.29, 1.82) is 0 Å². The Kier molecular flexibility index (Phi) is 21.5. The number of benzene rings is 6. The molecule has 3 aliphatic rings. The van der Waals surface area contributed by atoms with Crippen molar-refractivity contribution >= 4 is 117 Å². The van der Waals surface area contributed by atoms with Gasteiger partial charge in [0.05, 0.1) is 57.4 Å². The molecule has 20 heteroatoms. The van der Waals surface area contributed by atoms with Gasteiger partial charge in [0.15, 0.2) is 0 Å². The molecular weight excluding hydrogens is 1200 g/mol. The number of ether oxygens (including phenoxy) is 5. The zero-order chi connectivity index (χ0) is 62.4. The molecule has 3 aliphatic heterocycles. The lowest BCUT2D eigenvalue weighted by atomic mass is 9.90. The number of carbonyl (C=O) groups excluding carboxylic acids is 6. The fourth-order valence-corrected chi connectivity index (χ4v) is 11.9. The molecule has 3 fully saturated rings. The second kappa shape index (κ2) is 30.2. The van der Waals surface area contributed by atoms with Crippen molar-refractivity contribution in [2.75, 3.05) is 77.6 Å². The predicted molar refractivity (Wildman–Crippen MR) is 344 cm³/mol. The van der Waals surface area contributed by atoms with Crippen LogP contribution in [0.5, 0.6) is 17.2 Å². The lowest BCUT2D eigenvalue weighted by molar-refractivity contribution is -0.143. The van der Waals surface area contributed by atoms with Crippen LogP contribution in [0.1, 0.15) is 88.8 Å². The summed E-state index contributed by atoms with van der Waals surface area (Å²) in [5.74, 6) is 1.34. The molecule has 0 bridgehead atoms. The van der Waals surface area contributed by atoms with Crippen molar-refractivity contribution in [3.05, 3.63) is 126 Å². The van der Waals surface area contributed by atoms with Gasteiger partial charge in [-0.2, -0.15) is 0 Å². The summed E-state index contributed by atoms with van der Waals surface area (Å²) in [6.07, 6.45) is 10.00. The first-order valence-electron chi connectivity index (χ1n) is 30.6. The summed E-state index contributed by atoms with van der Waals surface area (Å²) < 4.78 is 44.6. The van der Waals surface area contributed by atoms with Gasteiger partial charge >= 0.3 is 11.9 Å². The Hall–Kier alpha value is -8.46. The van der Waals surface area contributed by atoms with Gasteiger partial charge in [0.2, 0.25) is 23.6 Å².